The first-order chi connectivity index (χ1) is 18.6. The predicted molar refractivity (Wildman–Crippen MR) is 150 cm³/mol. The van der Waals surface area contributed by atoms with Crippen LogP contribution >= 0.6 is 11.8 Å². The van der Waals surface area contributed by atoms with Crippen molar-refractivity contribution >= 4 is 50.9 Å². The highest BCUT2D eigenvalue weighted by atomic mass is 32.2. The number of ether oxygens (including phenoxy) is 2. The van der Waals surface area contributed by atoms with Gasteiger partial charge >= 0.3 is 0 Å². The van der Waals surface area contributed by atoms with Gasteiger partial charge < -0.3 is 24.7 Å². The van der Waals surface area contributed by atoms with Gasteiger partial charge in [-0.1, -0.05) is 48.5 Å². The van der Waals surface area contributed by atoms with Crippen LogP contribution in [0.3, 0.4) is 0 Å². The Morgan fingerprint density at radius 1 is 0.868 bits per heavy atom. The van der Waals surface area contributed by atoms with Crippen LogP contribution in [-0.2, 0) is 11.3 Å². The van der Waals surface area contributed by atoms with Crippen molar-refractivity contribution in [3.05, 3.63) is 96.7 Å². The molecule has 0 unspecified atom stereocenters. The average molecular weight is 524 g/mol. The van der Waals surface area contributed by atoms with Crippen molar-refractivity contribution in [2.45, 2.75) is 11.4 Å². The Balaban J connectivity index is 1.08. The molecule has 4 aromatic carbocycles. The number of aromatic nitrogens is 1. The van der Waals surface area contributed by atoms with Crippen LogP contribution in [0, 0.1) is 0 Å². The van der Waals surface area contributed by atoms with Gasteiger partial charge in [0, 0.05) is 52.4 Å². The van der Waals surface area contributed by atoms with Crippen molar-refractivity contribution in [2.24, 2.45) is 0 Å². The second-order valence-electron chi connectivity index (χ2n) is 8.93. The van der Waals surface area contributed by atoms with E-state index >= 15 is 0 Å². The first-order valence-corrected chi connectivity index (χ1v) is 13.3. The van der Waals surface area contributed by atoms with E-state index in [1.54, 1.807) is 18.2 Å². The van der Waals surface area contributed by atoms with Gasteiger partial charge in [-0.15, -0.1) is 11.8 Å². The van der Waals surface area contributed by atoms with Gasteiger partial charge in [0.1, 0.15) is 0 Å². The highest BCUT2D eigenvalue weighted by Gasteiger charge is 2.15. The Morgan fingerprint density at radius 3 is 2.61 bits per heavy atom. The molecule has 2 heterocycles. The zero-order valence-corrected chi connectivity index (χ0v) is 21.3. The number of anilines is 1. The lowest BCUT2D eigenvalue weighted by molar-refractivity contribution is -0.113. The summed E-state index contributed by atoms with van der Waals surface area (Å²) < 4.78 is 12.8. The number of amides is 2. The number of thioether (sulfide) groups is 1. The number of hydrogen-bond acceptors (Lipinski definition) is 5. The summed E-state index contributed by atoms with van der Waals surface area (Å²) in [6.07, 6.45) is 2.05. The van der Waals surface area contributed by atoms with Gasteiger partial charge in [-0.25, -0.2) is 0 Å². The molecule has 2 N–H and O–H groups in total. The molecule has 8 heteroatoms. The fourth-order valence-corrected chi connectivity index (χ4v) is 5.44. The lowest BCUT2D eigenvalue weighted by atomic mass is 10.1. The maximum absolute atomic E-state index is 12.8. The predicted octanol–water partition coefficient (Wildman–Crippen LogP) is 5.68. The Morgan fingerprint density at radius 2 is 1.68 bits per heavy atom. The number of hydrogen-bond donors (Lipinski definition) is 2. The van der Waals surface area contributed by atoms with E-state index in [0.29, 0.717) is 35.8 Å². The van der Waals surface area contributed by atoms with Gasteiger partial charge in [0.25, 0.3) is 5.91 Å². The van der Waals surface area contributed by atoms with E-state index in [0.717, 1.165) is 26.6 Å². The number of nitrogens with zero attached hydrogens (tertiary/aromatic N) is 1. The fraction of sp³-hybridized carbons (Fsp3) is 0.133. The Bertz CT molecular complexity index is 1660. The summed E-state index contributed by atoms with van der Waals surface area (Å²) in [5, 5.41) is 9.18. The van der Waals surface area contributed by atoms with Gasteiger partial charge in [0.2, 0.25) is 12.7 Å². The molecule has 0 fully saturated rings. The molecule has 38 heavy (non-hydrogen) atoms. The van der Waals surface area contributed by atoms with Crippen LogP contribution in [0.4, 0.5) is 5.69 Å². The quantitative estimate of drug-likeness (QED) is 0.256. The molecule has 1 aliphatic heterocycles. The van der Waals surface area contributed by atoms with E-state index in [-0.39, 0.29) is 24.4 Å². The zero-order valence-electron chi connectivity index (χ0n) is 20.5. The van der Waals surface area contributed by atoms with E-state index in [1.807, 2.05) is 60.8 Å². The van der Waals surface area contributed by atoms with Crippen molar-refractivity contribution < 1.29 is 19.1 Å². The van der Waals surface area contributed by atoms with E-state index in [2.05, 4.69) is 27.3 Å². The highest BCUT2D eigenvalue weighted by molar-refractivity contribution is 8.00. The molecule has 190 valence electrons. The normalized spacial score (nSPS) is 12.1. The molecule has 0 bridgehead atoms. The average Bonchev–Trinajstić information content (AvgIpc) is 3.56. The minimum atomic E-state index is -0.103. The molecular formula is C30H25N3O4S. The van der Waals surface area contributed by atoms with Crippen LogP contribution < -0.4 is 20.1 Å². The lowest BCUT2D eigenvalue weighted by Gasteiger charge is -2.08. The number of carbonyl (C=O) groups excluding carboxylic acids is 2. The summed E-state index contributed by atoms with van der Waals surface area (Å²) in [5.41, 5.74) is 2.38. The van der Waals surface area contributed by atoms with Crippen LogP contribution in [0.15, 0.2) is 96.0 Å². The molecule has 0 atom stereocenters. The maximum Gasteiger partial charge on any atom is 0.251 e. The molecule has 0 aliphatic carbocycles. The SMILES string of the molecule is O=C(CSc1cn(CCNC(=O)c2ccc3ccccc3c2)c2ccccc12)Nc1ccc2c(c1)OCO2. The second kappa shape index (κ2) is 10.5. The van der Waals surface area contributed by atoms with Crippen molar-refractivity contribution in [1.82, 2.24) is 9.88 Å². The van der Waals surface area contributed by atoms with Crippen molar-refractivity contribution in [3.8, 4) is 11.5 Å². The Kier molecular flexibility index (Phi) is 6.62. The molecular weight excluding hydrogens is 498 g/mol. The first kappa shape index (κ1) is 23.9. The molecule has 7 nitrogen and oxygen atoms in total. The van der Waals surface area contributed by atoms with E-state index < -0.39 is 0 Å². The lowest BCUT2D eigenvalue weighted by Crippen LogP contribution is -2.27. The maximum atomic E-state index is 12.8. The minimum Gasteiger partial charge on any atom is -0.454 e. The summed E-state index contributed by atoms with van der Waals surface area (Å²) in [6, 6.07) is 27.2. The molecule has 0 saturated heterocycles. The van der Waals surface area contributed by atoms with Crippen molar-refractivity contribution in [1.29, 1.82) is 0 Å². The highest BCUT2D eigenvalue weighted by Crippen LogP contribution is 2.34. The number of benzene rings is 4. The van der Waals surface area contributed by atoms with Gasteiger partial charge in [0.05, 0.1) is 5.75 Å². The first-order valence-electron chi connectivity index (χ1n) is 12.3. The van der Waals surface area contributed by atoms with Crippen LogP contribution in [-0.4, -0.2) is 35.5 Å². The summed E-state index contributed by atoms with van der Waals surface area (Å²) in [6.45, 7) is 1.29. The summed E-state index contributed by atoms with van der Waals surface area (Å²) >= 11 is 1.49. The van der Waals surface area contributed by atoms with Gasteiger partial charge in [-0.2, -0.15) is 0 Å². The molecule has 0 radical (unpaired) electrons. The van der Waals surface area contributed by atoms with E-state index in [9.17, 15) is 9.59 Å². The third-order valence-corrected chi connectivity index (χ3v) is 7.46. The zero-order chi connectivity index (χ0) is 25.9. The van der Waals surface area contributed by atoms with Crippen LogP contribution in [0.5, 0.6) is 11.5 Å². The summed E-state index contributed by atoms with van der Waals surface area (Å²) in [5.74, 6) is 1.38. The smallest absolute Gasteiger partial charge is 0.251 e. The second-order valence-corrected chi connectivity index (χ2v) is 9.94. The van der Waals surface area contributed by atoms with E-state index in [1.165, 1.54) is 11.8 Å². The molecule has 2 amide bonds. The Hall–Kier alpha value is -4.43. The molecule has 1 aromatic heterocycles. The Labute approximate surface area is 223 Å². The molecule has 0 saturated carbocycles. The molecule has 0 spiro atoms. The molecule has 5 aromatic rings. The monoisotopic (exact) mass is 523 g/mol. The fourth-order valence-electron chi connectivity index (χ4n) is 4.55. The van der Waals surface area contributed by atoms with Crippen molar-refractivity contribution in [3.63, 3.8) is 0 Å². The number of nitrogens with one attached hydrogen (secondary N) is 2. The van der Waals surface area contributed by atoms with Crippen molar-refractivity contribution in [2.75, 3.05) is 24.4 Å². The van der Waals surface area contributed by atoms with E-state index in [4.69, 9.17) is 9.47 Å². The third-order valence-electron chi connectivity index (χ3n) is 6.42. The molecule has 1 aliphatic rings. The standard InChI is InChI=1S/C30H25N3O4S/c34-29(32-23-11-12-26-27(16-23)37-19-36-26)18-38-28-17-33(25-8-4-3-7-24(25)28)14-13-31-30(35)22-10-9-20-5-1-2-6-21(20)15-22/h1-12,15-17H,13-14,18-19H2,(H,31,35)(H,32,34). The van der Waals surface area contributed by atoms with Crippen LogP contribution in [0.25, 0.3) is 21.7 Å². The minimum absolute atomic E-state index is 0.0954. The van der Waals surface area contributed by atoms with Gasteiger partial charge in [-0.3, -0.25) is 9.59 Å². The number of para-hydroxylation sites is 1. The van der Waals surface area contributed by atoms with Gasteiger partial charge in [0.15, 0.2) is 11.5 Å². The summed E-state index contributed by atoms with van der Waals surface area (Å²) in [4.78, 5) is 26.4. The number of rotatable bonds is 8. The largest absolute Gasteiger partial charge is 0.454 e. The number of carbonyl (C=O) groups is 2. The van der Waals surface area contributed by atoms with Crippen LogP contribution in [0.2, 0.25) is 0 Å². The van der Waals surface area contributed by atoms with Gasteiger partial charge in [-0.05, 0) is 41.1 Å². The number of fused-ring (bicyclic) bond motifs is 3. The summed E-state index contributed by atoms with van der Waals surface area (Å²) in [7, 11) is 0. The molecule has 6 rings (SSSR count). The van der Waals surface area contributed by atoms with Crippen LogP contribution in [0.1, 0.15) is 10.4 Å². The topological polar surface area (TPSA) is 81.6 Å². The third kappa shape index (κ3) is 5.03.